The average Bonchev–Trinajstić information content (AvgIpc) is 2.96. The Morgan fingerprint density at radius 3 is 2.52 bits per heavy atom. The van der Waals surface area contributed by atoms with Gasteiger partial charge in [-0.1, -0.05) is 12.1 Å². The van der Waals surface area contributed by atoms with Crippen LogP contribution in [0.3, 0.4) is 0 Å². The Morgan fingerprint density at radius 2 is 1.85 bits per heavy atom. The number of methoxy groups -OCH3 is 2. The maximum Gasteiger partial charge on any atom is 0.329 e. The molecule has 2 aliphatic rings. The van der Waals surface area contributed by atoms with Gasteiger partial charge in [-0.2, -0.15) is 0 Å². The average molecular weight is 548 g/mol. The summed E-state index contributed by atoms with van der Waals surface area (Å²) in [4.78, 5) is 24.5. The summed E-state index contributed by atoms with van der Waals surface area (Å²) in [5.74, 6) is 1.70. The second-order valence-electron chi connectivity index (χ2n) is 10.8. The van der Waals surface area contributed by atoms with E-state index in [0.29, 0.717) is 24.1 Å². The fourth-order valence-corrected chi connectivity index (χ4v) is 5.90. The highest BCUT2D eigenvalue weighted by Gasteiger charge is 2.39. The van der Waals surface area contributed by atoms with Crippen LogP contribution in [-0.2, 0) is 13.1 Å². The van der Waals surface area contributed by atoms with Crippen LogP contribution in [0.2, 0.25) is 0 Å². The van der Waals surface area contributed by atoms with Gasteiger partial charge in [-0.05, 0) is 70.5 Å². The predicted octanol–water partition coefficient (Wildman–Crippen LogP) is 5.98. The van der Waals surface area contributed by atoms with Gasteiger partial charge in [0.2, 0.25) is 0 Å². The van der Waals surface area contributed by atoms with Gasteiger partial charge in [0.05, 0.1) is 32.1 Å². The zero-order valence-electron chi connectivity index (χ0n) is 23.9. The Balaban J connectivity index is 1.47. The first-order valence-corrected chi connectivity index (χ1v) is 13.8. The molecule has 0 saturated heterocycles. The number of halogens is 1. The van der Waals surface area contributed by atoms with E-state index >= 15 is 4.39 Å². The lowest BCUT2D eigenvalue weighted by Gasteiger charge is -2.44. The number of rotatable bonds is 8. The topological polar surface area (TPSA) is 70.2 Å². The number of pyridine rings is 1. The number of hydrogen-bond donors (Lipinski definition) is 1. The van der Waals surface area contributed by atoms with Gasteiger partial charge in [0.25, 0.3) is 0 Å². The fraction of sp³-hybridized carbons (Fsp3) is 0.419. The monoisotopic (exact) mass is 547 g/mol. The van der Waals surface area contributed by atoms with Crippen LogP contribution in [0.15, 0.2) is 48.7 Å². The molecule has 1 fully saturated rings. The Morgan fingerprint density at radius 1 is 1.07 bits per heavy atom. The molecule has 0 atom stereocenters. The third kappa shape index (κ3) is 5.43. The van der Waals surface area contributed by atoms with Crippen LogP contribution in [0, 0.1) is 12.7 Å². The molecule has 0 spiro atoms. The molecule has 1 aromatic heterocycles. The molecule has 3 aromatic rings. The van der Waals surface area contributed by atoms with E-state index in [9.17, 15) is 4.79 Å². The summed E-state index contributed by atoms with van der Waals surface area (Å²) in [5, 5.41) is 3.39. The van der Waals surface area contributed by atoms with Gasteiger partial charge in [0.1, 0.15) is 23.1 Å². The first-order chi connectivity index (χ1) is 19.3. The maximum atomic E-state index is 15.1. The number of ether oxygens (including phenoxy) is 2. The van der Waals surface area contributed by atoms with Crippen molar-refractivity contribution in [1.82, 2.24) is 9.88 Å². The molecule has 0 bridgehead atoms. The quantitative estimate of drug-likeness (QED) is 0.374. The number of carbonyl (C=O) groups is 1. The van der Waals surface area contributed by atoms with Crippen molar-refractivity contribution in [1.29, 1.82) is 0 Å². The summed E-state index contributed by atoms with van der Waals surface area (Å²) in [5.41, 5.74) is 3.75. The molecule has 2 aromatic carbocycles. The lowest BCUT2D eigenvalue weighted by molar-refractivity contribution is 0.209. The molecule has 2 amide bonds. The molecule has 1 saturated carbocycles. The van der Waals surface area contributed by atoms with Crippen molar-refractivity contribution in [3.63, 3.8) is 0 Å². The minimum atomic E-state index is -0.396. The molecule has 1 aliphatic carbocycles. The van der Waals surface area contributed by atoms with Crippen molar-refractivity contribution in [2.24, 2.45) is 0 Å². The molecular formula is C31H38FN5O3. The summed E-state index contributed by atoms with van der Waals surface area (Å²) in [6.07, 6.45) is 5.57. The van der Waals surface area contributed by atoms with E-state index in [2.05, 4.69) is 29.3 Å². The number of amides is 2. The van der Waals surface area contributed by atoms with Crippen molar-refractivity contribution >= 4 is 23.2 Å². The van der Waals surface area contributed by atoms with Crippen LogP contribution >= 0.6 is 0 Å². The van der Waals surface area contributed by atoms with Crippen LogP contribution in [0.4, 0.5) is 26.4 Å². The number of anilines is 3. The number of aryl methyl sites for hydroxylation is 1. The first-order valence-electron chi connectivity index (χ1n) is 13.8. The summed E-state index contributed by atoms with van der Waals surface area (Å²) in [7, 11) is 7.47. The number of urea groups is 1. The molecule has 8 nitrogen and oxygen atoms in total. The second kappa shape index (κ2) is 11.7. The zero-order valence-corrected chi connectivity index (χ0v) is 23.9. The van der Waals surface area contributed by atoms with E-state index in [0.717, 1.165) is 59.6 Å². The van der Waals surface area contributed by atoms with Crippen LogP contribution < -0.4 is 24.6 Å². The highest BCUT2D eigenvalue weighted by atomic mass is 19.1. The van der Waals surface area contributed by atoms with Gasteiger partial charge in [-0.15, -0.1) is 0 Å². The number of carbonyl (C=O) groups excluding carboxylic acids is 1. The number of benzene rings is 2. The van der Waals surface area contributed by atoms with E-state index in [-0.39, 0.29) is 18.6 Å². The summed E-state index contributed by atoms with van der Waals surface area (Å²) in [6, 6.07) is 12.9. The van der Waals surface area contributed by atoms with E-state index in [1.54, 1.807) is 31.4 Å². The summed E-state index contributed by atoms with van der Waals surface area (Å²) < 4.78 is 25.9. The van der Waals surface area contributed by atoms with Gasteiger partial charge in [0, 0.05) is 48.1 Å². The fourth-order valence-electron chi connectivity index (χ4n) is 5.90. The molecule has 0 radical (unpaired) electrons. The Bertz CT molecular complexity index is 1350. The zero-order chi connectivity index (χ0) is 28.4. The highest BCUT2D eigenvalue weighted by molar-refractivity contribution is 6.07. The number of fused-ring (bicyclic) bond motifs is 1. The smallest absolute Gasteiger partial charge is 0.329 e. The van der Waals surface area contributed by atoms with Gasteiger partial charge >= 0.3 is 6.03 Å². The Labute approximate surface area is 235 Å². The molecule has 212 valence electrons. The highest BCUT2D eigenvalue weighted by Crippen LogP contribution is 2.39. The normalized spacial score (nSPS) is 19.0. The standard InChI is InChI=1S/C31H38FN5O3/c1-20-7-6-8-26(32)30(20)36-19-22-18-34-29(33-17-21-9-14-25(39-4)15-28(21)40-5)16-27(22)37(31(36)38)24-12-10-23(11-13-24)35(2)3/h6-9,14-16,18,23-24H,10-13,17,19H2,1-5H3,(H,33,34)/t23-,24-. The SMILES string of the molecule is COc1ccc(CNc2cc3c(cn2)CN(c2c(C)cccc2F)C(=O)N3[C@H]2CC[C@H](N(C)C)CC2)c(OC)c1. The van der Waals surface area contributed by atoms with Crippen molar-refractivity contribution in [3.8, 4) is 11.5 Å². The molecule has 40 heavy (non-hydrogen) atoms. The van der Waals surface area contributed by atoms with Gasteiger partial charge in [-0.25, -0.2) is 14.2 Å². The number of nitrogens with zero attached hydrogens (tertiary/aromatic N) is 4. The minimum Gasteiger partial charge on any atom is -0.497 e. The van der Waals surface area contributed by atoms with E-state index in [4.69, 9.17) is 9.47 Å². The van der Waals surface area contributed by atoms with Gasteiger partial charge in [0.15, 0.2) is 0 Å². The molecule has 1 N–H and O–H groups in total. The van der Waals surface area contributed by atoms with Gasteiger partial charge < -0.3 is 19.7 Å². The summed E-state index contributed by atoms with van der Waals surface area (Å²) in [6.45, 7) is 2.59. The molecule has 5 rings (SSSR count). The molecule has 2 heterocycles. The molecule has 0 unspecified atom stereocenters. The number of aromatic nitrogens is 1. The first kappa shape index (κ1) is 27.7. The lowest BCUT2D eigenvalue weighted by Crippen LogP contribution is -2.54. The van der Waals surface area contributed by atoms with Crippen LogP contribution in [0.25, 0.3) is 0 Å². The van der Waals surface area contributed by atoms with Gasteiger partial charge in [-0.3, -0.25) is 9.80 Å². The number of hydrogen-bond acceptors (Lipinski definition) is 6. The van der Waals surface area contributed by atoms with Crippen LogP contribution in [0.5, 0.6) is 11.5 Å². The van der Waals surface area contributed by atoms with E-state index in [1.165, 1.54) is 6.07 Å². The third-order valence-electron chi connectivity index (χ3n) is 8.16. The largest absolute Gasteiger partial charge is 0.497 e. The van der Waals surface area contributed by atoms with E-state index in [1.807, 2.05) is 42.2 Å². The molecular weight excluding hydrogens is 509 g/mol. The predicted molar refractivity (Wildman–Crippen MR) is 156 cm³/mol. The Kier molecular flexibility index (Phi) is 8.12. The number of nitrogens with one attached hydrogen (secondary N) is 1. The Hall–Kier alpha value is -3.85. The van der Waals surface area contributed by atoms with Crippen LogP contribution in [0.1, 0.15) is 42.4 Å². The third-order valence-corrected chi connectivity index (χ3v) is 8.16. The van der Waals surface area contributed by atoms with Crippen LogP contribution in [-0.4, -0.2) is 56.3 Å². The van der Waals surface area contributed by atoms with Crippen molar-refractivity contribution in [2.75, 3.05) is 43.4 Å². The maximum absolute atomic E-state index is 15.1. The summed E-state index contributed by atoms with van der Waals surface area (Å²) >= 11 is 0. The van der Waals surface area contributed by atoms with Crippen molar-refractivity contribution in [2.45, 2.75) is 57.8 Å². The molecule has 1 aliphatic heterocycles. The van der Waals surface area contributed by atoms with Crippen molar-refractivity contribution in [3.05, 3.63) is 71.2 Å². The second-order valence-corrected chi connectivity index (χ2v) is 10.8. The minimum absolute atomic E-state index is 0.0225. The lowest BCUT2D eigenvalue weighted by atomic mass is 9.88. The van der Waals surface area contributed by atoms with Crippen molar-refractivity contribution < 1.29 is 18.7 Å². The van der Waals surface area contributed by atoms with E-state index < -0.39 is 5.82 Å². The number of para-hydroxylation sites is 1. The molecule has 9 heteroatoms.